The van der Waals surface area contributed by atoms with Crippen LogP contribution >= 0.6 is 0 Å². The summed E-state index contributed by atoms with van der Waals surface area (Å²) >= 11 is 0. The Kier molecular flexibility index (Phi) is 4.04. The number of esters is 2. The fourth-order valence-corrected chi connectivity index (χ4v) is 1.43. The number of carbonyl (C=O) groups excluding carboxylic acids is 2. The first kappa shape index (κ1) is 13.7. The summed E-state index contributed by atoms with van der Waals surface area (Å²) in [5.41, 5.74) is 0.296. The van der Waals surface area contributed by atoms with Crippen molar-refractivity contribution in [1.29, 1.82) is 0 Å². The zero-order valence-electron chi connectivity index (χ0n) is 10.9. The normalized spacial score (nSPS) is 10.1. The van der Waals surface area contributed by atoms with Crippen molar-refractivity contribution in [2.45, 2.75) is 6.92 Å². The molecule has 0 fully saturated rings. The third-order valence-corrected chi connectivity index (χ3v) is 2.34. The van der Waals surface area contributed by atoms with Gasteiger partial charge in [0.2, 0.25) is 5.82 Å². The van der Waals surface area contributed by atoms with Crippen molar-refractivity contribution in [3.63, 3.8) is 0 Å². The Hall–Kier alpha value is -2.77. The van der Waals surface area contributed by atoms with Gasteiger partial charge in [-0.25, -0.2) is 24.2 Å². The van der Waals surface area contributed by atoms with E-state index in [0.29, 0.717) is 11.4 Å². The van der Waals surface area contributed by atoms with Crippen LogP contribution in [0.2, 0.25) is 0 Å². The van der Waals surface area contributed by atoms with Crippen molar-refractivity contribution in [2.24, 2.45) is 0 Å². The minimum atomic E-state index is -0.648. The molecule has 0 unspecified atom stereocenters. The number of hydrogen-bond donors (Lipinski definition) is 0. The Balaban J connectivity index is 2.28. The molecule has 104 valence electrons. The van der Waals surface area contributed by atoms with Crippen LogP contribution in [0.3, 0.4) is 0 Å². The highest BCUT2D eigenvalue weighted by atomic mass is 16.5. The third kappa shape index (κ3) is 2.79. The summed E-state index contributed by atoms with van der Waals surface area (Å²) in [6.45, 7) is 2.00. The first-order valence-corrected chi connectivity index (χ1v) is 5.79. The van der Waals surface area contributed by atoms with Gasteiger partial charge < -0.3 is 9.47 Å². The predicted octanol–water partition coefficient (Wildman–Crippen LogP) is 0.626. The van der Waals surface area contributed by atoms with Crippen LogP contribution in [0.4, 0.5) is 0 Å². The van der Waals surface area contributed by atoms with Gasteiger partial charge in [0.1, 0.15) is 0 Å². The molecule has 0 radical (unpaired) electrons. The molecule has 2 rings (SSSR count). The molecule has 0 saturated carbocycles. The SMILES string of the molecule is CCOC(=O)c1cnn(-c2ccnc(C(=O)OC)n2)c1. The van der Waals surface area contributed by atoms with Crippen molar-refractivity contribution in [3.8, 4) is 5.82 Å². The minimum absolute atomic E-state index is 0.0850. The van der Waals surface area contributed by atoms with Gasteiger partial charge in [-0.1, -0.05) is 0 Å². The Bertz CT molecular complexity index is 638. The van der Waals surface area contributed by atoms with E-state index in [9.17, 15) is 9.59 Å². The van der Waals surface area contributed by atoms with Gasteiger partial charge in [-0.3, -0.25) is 0 Å². The lowest BCUT2D eigenvalue weighted by atomic mass is 10.4. The van der Waals surface area contributed by atoms with Crippen molar-refractivity contribution < 1.29 is 19.1 Å². The zero-order chi connectivity index (χ0) is 14.5. The van der Waals surface area contributed by atoms with E-state index in [2.05, 4.69) is 19.8 Å². The molecule has 20 heavy (non-hydrogen) atoms. The Morgan fingerprint density at radius 3 is 2.85 bits per heavy atom. The van der Waals surface area contributed by atoms with E-state index in [4.69, 9.17) is 4.74 Å². The first-order chi connectivity index (χ1) is 9.65. The van der Waals surface area contributed by atoms with Gasteiger partial charge >= 0.3 is 11.9 Å². The van der Waals surface area contributed by atoms with Crippen molar-refractivity contribution >= 4 is 11.9 Å². The average molecular weight is 276 g/mol. The molecule has 0 aliphatic rings. The maximum absolute atomic E-state index is 11.5. The molecule has 0 aromatic carbocycles. The standard InChI is InChI=1S/C12H12N4O4/c1-3-20-11(17)8-6-14-16(7-8)9-4-5-13-10(15-9)12(18)19-2/h4-7H,3H2,1-2H3. The first-order valence-electron chi connectivity index (χ1n) is 5.79. The van der Waals surface area contributed by atoms with Crippen LogP contribution < -0.4 is 0 Å². The molecular weight excluding hydrogens is 264 g/mol. The zero-order valence-corrected chi connectivity index (χ0v) is 10.9. The number of aromatic nitrogens is 4. The monoisotopic (exact) mass is 276 g/mol. The highest BCUT2D eigenvalue weighted by Gasteiger charge is 2.13. The molecule has 0 atom stereocenters. The summed E-state index contributed by atoms with van der Waals surface area (Å²) < 4.78 is 10.7. The van der Waals surface area contributed by atoms with E-state index in [-0.39, 0.29) is 12.4 Å². The molecule has 8 nitrogen and oxygen atoms in total. The van der Waals surface area contributed by atoms with E-state index in [1.165, 1.54) is 30.4 Å². The van der Waals surface area contributed by atoms with E-state index in [1.807, 2.05) is 0 Å². The van der Waals surface area contributed by atoms with Crippen LogP contribution in [0.5, 0.6) is 0 Å². The second-order valence-corrected chi connectivity index (χ2v) is 3.62. The Morgan fingerprint density at radius 1 is 1.35 bits per heavy atom. The maximum Gasteiger partial charge on any atom is 0.376 e. The lowest BCUT2D eigenvalue weighted by Crippen LogP contribution is -2.10. The summed E-state index contributed by atoms with van der Waals surface area (Å²) in [6, 6.07) is 1.55. The number of hydrogen-bond acceptors (Lipinski definition) is 7. The molecule has 0 aliphatic carbocycles. The molecule has 0 N–H and O–H groups in total. The largest absolute Gasteiger partial charge is 0.463 e. The Labute approximate surface area is 114 Å². The smallest absolute Gasteiger partial charge is 0.376 e. The fraction of sp³-hybridized carbons (Fsp3) is 0.250. The highest BCUT2D eigenvalue weighted by Crippen LogP contribution is 2.07. The summed E-state index contributed by atoms with van der Waals surface area (Å²) in [6.07, 6.45) is 4.22. The molecule has 0 spiro atoms. The number of ether oxygens (including phenoxy) is 2. The number of nitrogens with zero attached hydrogens (tertiary/aromatic N) is 4. The van der Waals surface area contributed by atoms with E-state index >= 15 is 0 Å². The van der Waals surface area contributed by atoms with E-state index < -0.39 is 11.9 Å². The average Bonchev–Trinajstić information content (AvgIpc) is 2.97. The lowest BCUT2D eigenvalue weighted by molar-refractivity contribution is 0.0525. The van der Waals surface area contributed by atoms with Crippen LogP contribution in [0.25, 0.3) is 5.82 Å². The number of methoxy groups -OCH3 is 1. The van der Waals surface area contributed by atoms with Crippen molar-refractivity contribution in [3.05, 3.63) is 36.0 Å². The minimum Gasteiger partial charge on any atom is -0.463 e. The van der Waals surface area contributed by atoms with E-state index in [0.717, 1.165) is 0 Å². The van der Waals surface area contributed by atoms with Gasteiger partial charge in [-0.15, -0.1) is 0 Å². The van der Waals surface area contributed by atoms with Gasteiger partial charge in [0.25, 0.3) is 0 Å². The molecule has 2 heterocycles. The van der Waals surface area contributed by atoms with Gasteiger partial charge in [-0.2, -0.15) is 5.10 Å². The maximum atomic E-state index is 11.5. The molecule has 0 bridgehead atoms. The van der Waals surface area contributed by atoms with Crippen LogP contribution in [-0.2, 0) is 9.47 Å². The summed E-state index contributed by atoms with van der Waals surface area (Å²) in [4.78, 5) is 30.7. The molecular formula is C12H12N4O4. The summed E-state index contributed by atoms with van der Waals surface area (Å²) in [5, 5.41) is 3.99. The van der Waals surface area contributed by atoms with Crippen LogP contribution in [-0.4, -0.2) is 45.4 Å². The highest BCUT2D eigenvalue weighted by molar-refractivity contribution is 5.88. The molecule has 8 heteroatoms. The third-order valence-electron chi connectivity index (χ3n) is 2.34. The number of carbonyl (C=O) groups is 2. The van der Waals surface area contributed by atoms with Gasteiger partial charge in [0, 0.05) is 18.5 Å². The van der Waals surface area contributed by atoms with E-state index in [1.54, 1.807) is 13.0 Å². The molecule has 2 aromatic heterocycles. The van der Waals surface area contributed by atoms with Crippen LogP contribution in [0.15, 0.2) is 24.7 Å². The second-order valence-electron chi connectivity index (χ2n) is 3.62. The topological polar surface area (TPSA) is 96.2 Å². The second kappa shape index (κ2) is 5.91. The predicted molar refractivity (Wildman–Crippen MR) is 66.5 cm³/mol. The van der Waals surface area contributed by atoms with Crippen LogP contribution in [0, 0.1) is 0 Å². The molecule has 0 amide bonds. The number of rotatable bonds is 4. The van der Waals surface area contributed by atoms with Crippen LogP contribution in [0.1, 0.15) is 27.9 Å². The van der Waals surface area contributed by atoms with Gasteiger partial charge in [0.05, 0.1) is 25.5 Å². The van der Waals surface area contributed by atoms with Crippen molar-refractivity contribution in [1.82, 2.24) is 19.7 Å². The molecule has 0 saturated heterocycles. The summed E-state index contributed by atoms with van der Waals surface area (Å²) in [5.74, 6) is -0.861. The molecule has 0 aliphatic heterocycles. The molecule has 2 aromatic rings. The summed E-state index contributed by atoms with van der Waals surface area (Å²) in [7, 11) is 1.24. The lowest BCUT2D eigenvalue weighted by Gasteiger charge is -2.02. The fourth-order valence-electron chi connectivity index (χ4n) is 1.43. The quantitative estimate of drug-likeness (QED) is 0.755. The van der Waals surface area contributed by atoms with Gasteiger partial charge in [0.15, 0.2) is 5.82 Å². The Morgan fingerprint density at radius 2 is 2.15 bits per heavy atom. The van der Waals surface area contributed by atoms with Crippen molar-refractivity contribution in [2.75, 3.05) is 13.7 Å². The van der Waals surface area contributed by atoms with Gasteiger partial charge in [-0.05, 0) is 6.92 Å².